The van der Waals surface area contributed by atoms with Crippen LogP contribution >= 0.6 is 22.7 Å². The molecule has 1 aliphatic rings. The van der Waals surface area contributed by atoms with Gasteiger partial charge in [-0.05, 0) is 31.0 Å². The molecule has 0 radical (unpaired) electrons. The number of benzene rings is 1. The minimum Gasteiger partial charge on any atom is -0.475 e. The van der Waals surface area contributed by atoms with Crippen LogP contribution in [0.25, 0.3) is 0 Å². The number of rotatable bonds is 8. The van der Waals surface area contributed by atoms with Crippen molar-refractivity contribution in [3.05, 3.63) is 50.5 Å². The smallest absolute Gasteiger partial charge is 0.475 e. The van der Waals surface area contributed by atoms with Crippen LogP contribution in [-0.4, -0.2) is 66.7 Å². The van der Waals surface area contributed by atoms with Gasteiger partial charge in [-0.15, -0.1) is 22.7 Å². The number of aryl methyl sites for hydroxylation is 1. The minimum atomic E-state index is -5.08. The number of hydrogen-bond donors (Lipinski definition) is 2. The maximum Gasteiger partial charge on any atom is 0.490 e. The van der Waals surface area contributed by atoms with Crippen molar-refractivity contribution >= 4 is 50.2 Å². The normalized spacial score (nSPS) is 16.1. The molecule has 1 fully saturated rings. The van der Waals surface area contributed by atoms with Crippen molar-refractivity contribution in [2.24, 2.45) is 0 Å². The van der Waals surface area contributed by atoms with Crippen LogP contribution in [0, 0.1) is 12.7 Å². The second kappa shape index (κ2) is 12.8. The van der Waals surface area contributed by atoms with Crippen LogP contribution in [0.4, 0.5) is 29.1 Å². The molecule has 4 rings (SSSR count). The zero-order chi connectivity index (χ0) is 29.8. The fourth-order valence-electron chi connectivity index (χ4n) is 4.04. The molecule has 2 aromatic heterocycles. The Hall–Kier alpha value is -2.82. The van der Waals surface area contributed by atoms with E-state index in [1.54, 1.807) is 16.7 Å². The first kappa shape index (κ1) is 31.7. The molecule has 1 aromatic carbocycles. The van der Waals surface area contributed by atoms with Gasteiger partial charge in [0.2, 0.25) is 0 Å². The fourth-order valence-corrected chi connectivity index (χ4v) is 6.57. The van der Waals surface area contributed by atoms with Crippen molar-refractivity contribution in [2.75, 3.05) is 29.8 Å². The van der Waals surface area contributed by atoms with Gasteiger partial charge >= 0.3 is 12.1 Å². The Morgan fingerprint density at radius 3 is 2.52 bits per heavy atom. The monoisotopic (exact) mass is 623 g/mol. The van der Waals surface area contributed by atoms with Gasteiger partial charge in [-0.3, -0.25) is 9.62 Å². The molecule has 16 heteroatoms. The van der Waals surface area contributed by atoms with E-state index in [2.05, 4.69) is 38.7 Å². The number of carboxylic acid groups (broad SMARTS) is 1. The molecule has 1 saturated heterocycles. The molecule has 1 atom stereocenters. The number of nitrogens with zero attached hydrogens (tertiary/aromatic N) is 4. The van der Waals surface area contributed by atoms with Gasteiger partial charge in [0.15, 0.2) is 5.82 Å². The Morgan fingerprint density at radius 2 is 1.98 bits per heavy atom. The zero-order valence-corrected chi connectivity index (χ0v) is 24.5. The molecule has 1 unspecified atom stereocenters. The van der Waals surface area contributed by atoms with Crippen molar-refractivity contribution < 1.29 is 35.9 Å². The summed E-state index contributed by atoms with van der Waals surface area (Å²) in [5, 5.41) is 12.0. The standard InChI is InChI=1S/C22H28FN5O2S3.C2HF3O2/c1-14(2)22-25-16(11-32-22)9-28-6-5-17(10-28)27(4)19-8-18(23)20(7-15(19)3)33(29,30)26-21-12-31-13-24-21;3-2(4,5)1(6)7/h7-8,11-14,17,26H,5-6,9-10H2,1-4H3;(H,6,7). The Morgan fingerprint density at radius 1 is 1.30 bits per heavy atom. The highest BCUT2D eigenvalue weighted by molar-refractivity contribution is 7.92. The third-order valence-corrected chi connectivity index (χ3v) is 9.23. The molecule has 3 heterocycles. The molecule has 0 spiro atoms. The summed E-state index contributed by atoms with van der Waals surface area (Å²) in [6, 6.07) is 2.93. The van der Waals surface area contributed by atoms with Crippen molar-refractivity contribution in [3.8, 4) is 0 Å². The second-order valence-electron chi connectivity index (χ2n) is 9.47. The molecule has 3 aromatic rings. The quantitative estimate of drug-likeness (QED) is 0.324. The van der Waals surface area contributed by atoms with Gasteiger partial charge < -0.3 is 10.0 Å². The molecule has 40 heavy (non-hydrogen) atoms. The molecule has 0 saturated carbocycles. The number of alkyl halides is 3. The van der Waals surface area contributed by atoms with E-state index in [1.165, 1.54) is 29.0 Å². The molecule has 9 nitrogen and oxygen atoms in total. The van der Waals surface area contributed by atoms with E-state index in [1.807, 2.05) is 14.0 Å². The topological polar surface area (TPSA) is 116 Å². The summed E-state index contributed by atoms with van der Waals surface area (Å²) in [6.45, 7) is 8.70. The average Bonchev–Trinajstić information content (AvgIpc) is 3.62. The molecule has 220 valence electrons. The first-order valence-corrected chi connectivity index (χ1v) is 15.3. The largest absolute Gasteiger partial charge is 0.490 e. The third-order valence-electron chi connectivity index (χ3n) is 6.08. The van der Waals surface area contributed by atoms with Crippen molar-refractivity contribution in [1.82, 2.24) is 14.9 Å². The maximum absolute atomic E-state index is 15.0. The lowest BCUT2D eigenvalue weighted by Crippen LogP contribution is -2.35. The van der Waals surface area contributed by atoms with Gasteiger partial charge in [0.05, 0.1) is 16.2 Å². The molecule has 0 amide bonds. The van der Waals surface area contributed by atoms with Crippen molar-refractivity contribution in [1.29, 1.82) is 0 Å². The van der Waals surface area contributed by atoms with Gasteiger partial charge in [0.1, 0.15) is 10.7 Å². The molecule has 0 aliphatic carbocycles. The van der Waals surface area contributed by atoms with Gasteiger partial charge in [-0.2, -0.15) is 13.2 Å². The molecule has 2 N–H and O–H groups in total. The lowest BCUT2D eigenvalue weighted by atomic mass is 10.1. The van der Waals surface area contributed by atoms with E-state index >= 15 is 0 Å². The molecular formula is C24H29F4N5O4S3. The van der Waals surface area contributed by atoms with Crippen LogP contribution in [-0.2, 0) is 21.4 Å². The highest BCUT2D eigenvalue weighted by Crippen LogP contribution is 2.30. The number of nitrogens with one attached hydrogen (secondary N) is 1. The number of likely N-dealkylation sites (tertiary alicyclic amines) is 1. The number of aliphatic carboxylic acids is 1. The van der Waals surface area contributed by atoms with Crippen molar-refractivity contribution in [3.63, 3.8) is 0 Å². The number of halogens is 4. The van der Waals surface area contributed by atoms with E-state index in [0.29, 0.717) is 17.2 Å². The molecular weight excluding hydrogens is 594 g/mol. The predicted molar refractivity (Wildman–Crippen MR) is 146 cm³/mol. The van der Waals surface area contributed by atoms with Crippen LogP contribution in [0.3, 0.4) is 0 Å². The van der Waals surface area contributed by atoms with Crippen LogP contribution in [0.2, 0.25) is 0 Å². The third kappa shape index (κ3) is 8.11. The van der Waals surface area contributed by atoms with E-state index in [9.17, 15) is 26.0 Å². The number of carboxylic acids is 1. The summed E-state index contributed by atoms with van der Waals surface area (Å²) in [7, 11) is -2.12. The van der Waals surface area contributed by atoms with Crippen LogP contribution < -0.4 is 9.62 Å². The molecule has 1 aliphatic heterocycles. The first-order chi connectivity index (χ1) is 18.6. The predicted octanol–water partition coefficient (Wildman–Crippen LogP) is 5.32. The Bertz CT molecular complexity index is 1410. The van der Waals surface area contributed by atoms with E-state index in [0.717, 1.165) is 36.8 Å². The number of aromatic nitrogens is 2. The maximum atomic E-state index is 15.0. The second-order valence-corrected chi connectivity index (χ2v) is 12.7. The highest BCUT2D eigenvalue weighted by Gasteiger charge is 2.38. The summed E-state index contributed by atoms with van der Waals surface area (Å²) >= 11 is 2.97. The lowest BCUT2D eigenvalue weighted by Gasteiger charge is -2.29. The Kier molecular flexibility index (Phi) is 10.1. The summed E-state index contributed by atoms with van der Waals surface area (Å²) in [6.07, 6.45) is -4.13. The first-order valence-electron chi connectivity index (χ1n) is 12.0. The number of hydrogen-bond acceptors (Lipinski definition) is 9. The molecule has 0 bridgehead atoms. The number of thiazole rings is 2. The number of sulfonamides is 1. The average molecular weight is 624 g/mol. The van der Waals surface area contributed by atoms with Gasteiger partial charge in [-0.25, -0.2) is 27.6 Å². The SMILES string of the molecule is Cc1cc(S(=O)(=O)Nc2cscn2)c(F)cc1N(C)C1CCN(Cc2csc(C(C)C)n2)C1.O=C(O)C(F)(F)F. The van der Waals surface area contributed by atoms with Gasteiger partial charge in [-0.1, -0.05) is 13.8 Å². The summed E-state index contributed by atoms with van der Waals surface area (Å²) < 4.78 is 74.3. The van der Waals surface area contributed by atoms with Gasteiger partial charge in [0.25, 0.3) is 10.0 Å². The number of anilines is 2. The summed E-state index contributed by atoms with van der Waals surface area (Å²) in [4.78, 5) is 21.6. The highest BCUT2D eigenvalue weighted by atomic mass is 32.2. The van der Waals surface area contributed by atoms with Crippen LogP contribution in [0.5, 0.6) is 0 Å². The summed E-state index contributed by atoms with van der Waals surface area (Å²) in [5.41, 5.74) is 4.01. The van der Waals surface area contributed by atoms with Crippen molar-refractivity contribution in [2.45, 2.75) is 56.8 Å². The fraction of sp³-hybridized carbons (Fsp3) is 0.458. The Labute approximate surface area is 237 Å². The number of carbonyl (C=O) groups is 1. The van der Waals surface area contributed by atoms with Gasteiger partial charge in [0, 0.05) is 55.1 Å². The number of likely N-dealkylation sites (N-methyl/N-ethyl adjacent to an activating group) is 1. The summed E-state index contributed by atoms with van der Waals surface area (Å²) in [5.74, 6) is -2.91. The van der Waals surface area contributed by atoms with E-state index < -0.39 is 28.0 Å². The van der Waals surface area contributed by atoms with E-state index in [-0.39, 0.29) is 16.8 Å². The van der Waals surface area contributed by atoms with E-state index in [4.69, 9.17) is 14.9 Å². The zero-order valence-electron chi connectivity index (χ0n) is 22.1. The van der Waals surface area contributed by atoms with Crippen LogP contribution in [0.1, 0.15) is 42.5 Å². The van der Waals surface area contributed by atoms with Crippen LogP contribution in [0.15, 0.2) is 33.3 Å². The minimum absolute atomic E-state index is 0.185. The lowest BCUT2D eigenvalue weighted by molar-refractivity contribution is -0.192. The Balaban J connectivity index is 0.000000559.